The van der Waals surface area contributed by atoms with Gasteiger partial charge in [-0.2, -0.15) is 0 Å². The molecule has 0 fully saturated rings. The lowest BCUT2D eigenvalue weighted by molar-refractivity contribution is 0.255. The van der Waals surface area contributed by atoms with Gasteiger partial charge < -0.3 is 0 Å². The first kappa shape index (κ1) is 13.7. The zero-order valence-corrected chi connectivity index (χ0v) is 12.8. The monoisotopic (exact) mass is 327 g/mol. The molecule has 0 N–H and O–H groups in total. The average molecular weight is 328 g/mol. The van der Waals surface area contributed by atoms with E-state index in [1.165, 1.54) is 10.9 Å². The third-order valence-corrected chi connectivity index (χ3v) is 5.00. The van der Waals surface area contributed by atoms with E-state index in [0.717, 1.165) is 12.1 Å². The molecule has 1 heterocycles. The smallest absolute Gasteiger partial charge is 0.137 e. The van der Waals surface area contributed by atoms with Crippen molar-refractivity contribution in [2.45, 2.75) is 19.5 Å². The average Bonchev–Trinajstić information content (AvgIpc) is 2.87. The number of rotatable bonds is 4. The summed E-state index contributed by atoms with van der Waals surface area (Å²) in [5, 5.41) is 2.08. The molecule has 2 aromatic rings. The molecule has 0 spiro atoms. The molecule has 0 aliphatic carbocycles. The van der Waals surface area contributed by atoms with Gasteiger partial charge in [0.1, 0.15) is 5.82 Å². The Balaban J connectivity index is 2.12. The summed E-state index contributed by atoms with van der Waals surface area (Å²) >= 11 is 5.06. The highest BCUT2D eigenvalue weighted by molar-refractivity contribution is 9.10. The van der Waals surface area contributed by atoms with Crippen LogP contribution >= 0.6 is 27.3 Å². The van der Waals surface area contributed by atoms with Gasteiger partial charge in [0, 0.05) is 17.5 Å². The van der Waals surface area contributed by atoms with Crippen molar-refractivity contribution in [3.63, 3.8) is 0 Å². The molecule has 4 heteroatoms. The zero-order chi connectivity index (χ0) is 13.1. The Morgan fingerprint density at radius 1 is 1.33 bits per heavy atom. The largest absolute Gasteiger partial charge is 0.295 e. The van der Waals surface area contributed by atoms with Gasteiger partial charge in [-0.05, 0) is 53.0 Å². The lowest BCUT2D eigenvalue weighted by Crippen LogP contribution is -2.21. The predicted octanol–water partition coefficient (Wildman–Crippen LogP) is 4.84. The van der Waals surface area contributed by atoms with Crippen molar-refractivity contribution in [1.82, 2.24) is 4.90 Å². The molecular formula is C14H15BrFNS. The topological polar surface area (TPSA) is 3.24 Å². The summed E-state index contributed by atoms with van der Waals surface area (Å²) in [4.78, 5) is 3.54. The van der Waals surface area contributed by atoms with Crippen LogP contribution < -0.4 is 0 Å². The molecule has 1 aromatic carbocycles. The van der Waals surface area contributed by atoms with Crippen molar-refractivity contribution in [3.8, 4) is 0 Å². The van der Waals surface area contributed by atoms with E-state index in [-0.39, 0.29) is 5.82 Å². The van der Waals surface area contributed by atoms with Gasteiger partial charge in [0.05, 0.1) is 4.47 Å². The maximum Gasteiger partial charge on any atom is 0.137 e. The minimum absolute atomic E-state index is 0.204. The van der Waals surface area contributed by atoms with Gasteiger partial charge in [-0.1, -0.05) is 18.2 Å². The molecule has 0 saturated heterocycles. The van der Waals surface area contributed by atoms with Gasteiger partial charge in [0.2, 0.25) is 0 Å². The molecule has 2 rings (SSSR count). The first-order valence-electron chi connectivity index (χ1n) is 5.76. The number of nitrogens with zero attached hydrogens (tertiary/aromatic N) is 1. The van der Waals surface area contributed by atoms with Gasteiger partial charge >= 0.3 is 0 Å². The predicted molar refractivity (Wildman–Crippen MR) is 78.3 cm³/mol. The van der Waals surface area contributed by atoms with E-state index in [0.29, 0.717) is 10.5 Å². The fourth-order valence-corrected chi connectivity index (χ4v) is 3.06. The highest BCUT2D eigenvalue weighted by Gasteiger charge is 2.14. The van der Waals surface area contributed by atoms with E-state index in [1.54, 1.807) is 17.4 Å². The molecule has 0 aliphatic rings. The molecule has 0 amide bonds. The van der Waals surface area contributed by atoms with Gasteiger partial charge in [-0.15, -0.1) is 11.3 Å². The number of hydrogen-bond acceptors (Lipinski definition) is 2. The Morgan fingerprint density at radius 2 is 2.11 bits per heavy atom. The lowest BCUT2D eigenvalue weighted by atomic mass is 10.1. The Kier molecular flexibility index (Phi) is 4.54. The molecular weight excluding hydrogens is 313 g/mol. The van der Waals surface area contributed by atoms with Crippen LogP contribution in [-0.2, 0) is 6.54 Å². The third-order valence-electron chi connectivity index (χ3n) is 3.07. The van der Waals surface area contributed by atoms with Crippen LogP contribution in [0.5, 0.6) is 0 Å². The van der Waals surface area contributed by atoms with Crippen LogP contribution in [0.3, 0.4) is 0 Å². The molecule has 1 nitrogen and oxygen atoms in total. The standard InChI is InChI=1S/C14H15BrFNS/c1-10(13-7-4-8-18-13)17(2)9-11-5-3-6-12(16)14(11)15/h3-8,10H,9H2,1-2H3. The Hall–Kier alpha value is -0.710. The molecule has 96 valence electrons. The number of benzene rings is 1. The summed E-state index contributed by atoms with van der Waals surface area (Å²) in [7, 11) is 2.06. The SMILES string of the molecule is CC(c1cccs1)N(C)Cc1cccc(F)c1Br. The van der Waals surface area contributed by atoms with E-state index >= 15 is 0 Å². The first-order valence-corrected chi connectivity index (χ1v) is 7.43. The molecule has 0 bridgehead atoms. The number of halogens is 2. The van der Waals surface area contributed by atoms with Crippen molar-refractivity contribution < 1.29 is 4.39 Å². The van der Waals surface area contributed by atoms with Crippen LogP contribution in [0, 0.1) is 5.82 Å². The first-order chi connectivity index (χ1) is 8.59. The van der Waals surface area contributed by atoms with Gasteiger partial charge in [0.15, 0.2) is 0 Å². The van der Waals surface area contributed by atoms with Crippen molar-refractivity contribution in [2.24, 2.45) is 0 Å². The van der Waals surface area contributed by atoms with Crippen molar-refractivity contribution in [2.75, 3.05) is 7.05 Å². The summed E-state index contributed by atoms with van der Waals surface area (Å²) in [6.07, 6.45) is 0. The highest BCUT2D eigenvalue weighted by Crippen LogP contribution is 2.27. The summed E-state index contributed by atoms with van der Waals surface area (Å²) in [5.41, 5.74) is 0.973. The van der Waals surface area contributed by atoms with Crippen molar-refractivity contribution in [1.29, 1.82) is 0 Å². The van der Waals surface area contributed by atoms with E-state index < -0.39 is 0 Å². The van der Waals surface area contributed by atoms with Crippen molar-refractivity contribution >= 4 is 27.3 Å². The summed E-state index contributed by atoms with van der Waals surface area (Å²) in [5.74, 6) is -0.204. The number of hydrogen-bond donors (Lipinski definition) is 0. The zero-order valence-electron chi connectivity index (χ0n) is 10.4. The van der Waals surface area contributed by atoms with Crippen molar-refractivity contribution in [3.05, 3.63) is 56.4 Å². The van der Waals surface area contributed by atoms with E-state index in [2.05, 4.69) is 52.3 Å². The molecule has 1 atom stereocenters. The molecule has 1 aromatic heterocycles. The van der Waals surface area contributed by atoms with E-state index in [9.17, 15) is 4.39 Å². The second-order valence-corrected chi connectivity index (χ2v) is 6.09. The fourth-order valence-electron chi connectivity index (χ4n) is 1.82. The van der Waals surface area contributed by atoms with Gasteiger partial charge in [-0.3, -0.25) is 4.90 Å². The fraction of sp³-hybridized carbons (Fsp3) is 0.286. The van der Waals surface area contributed by atoms with Crippen LogP contribution in [0.4, 0.5) is 4.39 Å². The number of thiophene rings is 1. The minimum atomic E-state index is -0.204. The molecule has 0 aliphatic heterocycles. The van der Waals surface area contributed by atoms with E-state index in [1.807, 2.05) is 6.07 Å². The van der Waals surface area contributed by atoms with Crippen LogP contribution in [0.1, 0.15) is 23.4 Å². The second kappa shape index (κ2) is 5.95. The summed E-state index contributed by atoms with van der Waals surface area (Å²) in [6.45, 7) is 2.89. The summed E-state index contributed by atoms with van der Waals surface area (Å²) in [6, 6.07) is 9.69. The lowest BCUT2D eigenvalue weighted by Gasteiger charge is -2.24. The second-order valence-electron chi connectivity index (χ2n) is 4.32. The summed E-state index contributed by atoms with van der Waals surface area (Å²) < 4.78 is 14.0. The Morgan fingerprint density at radius 3 is 2.78 bits per heavy atom. The third kappa shape index (κ3) is 2.99. The quantitative estimate of drug-likeness (QED) is 0.776. The van der Waals surface area contributed by atoms with Gasteiger partial charge in [-0.25, -0.2) is 4.39 Å². The molecule has 0 radical (unpaired) electrons. The maximum atomic E-state index is 13.4. The minimum Gasteiger partial charge on any atom is -0.295 e. The molecule has 0 saturated carbocycles. The van der Waals surface area contributed by atoms with Crippen LogP contribution in [0.25, 0.3) is 0 Å². The molecule has 1 unspecified atom stereocenters. The normalized spacial score (nSPS) is 12.9. The highest BCUT2D eigenvalue weighted by atomic mass is 79.9. The Bertz CT molecular complexity index is 513. The van der Waals surface area contributed by atoms with Crippen LogP contribution in [0.2, 0.25) is 0 Å². The van der Waals surface area contributed by atoms with E-state index in [4.69, 9.17) is 0 Å². The Labute approximate surface area is 119 Å². The van der Waals surface area contributed by atoms with Crippen LogP contribution in [-0.4, -0.2) is 11.9 Å². The molecule has 18 heavy (non-hydrogen) atoms. The maximum absolute atomic E-state index is 13.4. The van der Waals surface area contributed by atoms with Gasteiger partial charge in [0.25, 0.3) is 0 Å². The van der Waals surface area contributed by atoms with Crippen LogP contribution in [0.15, 0.2) is 40.2 Å².